The van der Waals surface area contributed by atoms with E-state index >= 15 is 0 Å². The minimum atomic E-state index is -0.0108. The van der Waals surface area contributed by atoms with E-state index in [2.05, 4.69) is 33.4 Å². The number of benzene rings is 1. The van der Waals surface area contributed by atoms with Crippen molar-refractivity contribution in [1.82, 2.24) is 10.2 Å². The first-order valence-electron chi connectivity index (χ1n) is 8.08. The predicted molar refractivity (Wildman–Crippen MR) is 96.9 cm³/mol. The highest BCUT2D eigenvalue weighted by molar-refractivity contribution is 9.10. The lowest BCUT2D eigenvalue weighted by atomic mass is 10.0. The van der Waals surface area contributed by atoms with Gasteiger partial charge in [-0.2, -0.15) is 0 Å². The third-order valence-corrected chi connectivity index (χ3v) is 5.06. The Labute approximate surface area is 152 Å². The quantitative estimate of drug-likeness (QED) is 0.839. The summed E-state index contributed by atoms with van der Waals surface area (Å²) in [6.45, 7) is 4.16. The second kappa shape index (κ2) is 9.02. The van der Waals surface area contributed by atoms with Crippen molar-refractivity contribution in [3.05, 3.63) is 34.3 Å². The maximum Gasteiger partial charge on any atom is 0.222 e. The van der Waals surface area contributed by atoms with Gasteiger partial charge >= 0.3 is 0 Å². The maximum atomic E-state index is 12.4. The van der Waals surface area contributed by atoms with Gasteiger partial charge in [0, 0.05) is 17.4 Å². The first-order chi connectivity index (χ1) is 10.7. The van der Waals surface area contributed by atoms with Crippen LogP contribution in [0.1, 0.15) is 30.9 Å². The van der Waals surface area contributed by atoms with Crippen molar-refractivity contribution >= 4 is 34.2 Å². The highest BCUT2D eigenvalue weighted by Gasteiger charge is 2.26. The highest BCUT2D eigenvalue weighted by Crippen LogP contribution is 2.25. The molecule has 1 aromatic rings. The second-order valence-electron chi connectivity index (χ2n) is 6.15. The molecule has 4 nitrogen and oxygen atoms in total. The van der Waals surface area contributed by atoms with Crippen LogP contribution in [0.2, 0.25) is 0 Å². The lowest BCUT2D eigenvalue weighted by Crippen LogP contribution is -2.42. The Morgan fingerprint density at radius 2 is 2.30 bits per heavy atom. The number of morpholine rings is 1. The van der Waals surface area contributed by atoms with Crippen LogP contribution in [0.4, 0.5) is 0 Å². The van der Waals surface area contributed by atoms with Gasteiger partial charge in [0.15, 0.2) is 0 Å². The summed E-state index contributed by atoms with van der Waals surface area (Å²) in [6, 6.07) is 8.15. The van der Waals surface area contributed by atoms with Crippen molar-refractivity contribution in [3.63, 3.8) is 0 Å². The van der Waals surface area contributed by atoms with Crippen LogP contribution in [-0.2, 0) is 9.53 Å². The van der Waals surface area contributed by atoms with Gasteiger partial charge in [0.05, 0.1) is 13.2 Å². The molecule has 0 aromatic heterocycles. The zero-order valence-corrected chi connectivity index (χ0v) is 15.6. The first-order valence-corrected chi connectivity index (χ1v) is 8.87. The maximum absolute atomic E-state index is 12.4. The van der Waals surface area contributed by atoms with Crippen molar-refractivity contribution in [3.8, 4) is 0 Å². The van der Waals surface area contributed by atoms with Crippen molar-refractivity contribution in [1.29, 1.82) is 0 Å². The van der Waals surface area contributed by atoms with Gasteiger partial charge in [0.2, 0.25) is 5.91 Å². The normalized spacial score (nSPS) is 24.3. The van der Waals surface area contributed by atoms with E-state index in [0.29, 0.717) is 32.0 Å². The van der Waals surface area contributed by atoms with E-state index in [-0.39, 0.29) is 24.4 Å². The molecule has 2 atom stereocenters. The summed E-state index contributed by atoms with van der Waals surface area (Å²) in [4.78, 5) is 14.4. The molecule has 0 radical (unpaired) electrons. The standard InChI is InChI=1S/C17H23BrN2O2.ClH/c18-15-3-1-2-14(10-15)16-12-20(8-9-22-16)17(21)5-4-13-6-7-19-11-13;/h1-3,10,13,16,19H,4-9,11-12H2;1H. The summed E-state index contributed by atoms with van der Waals surface area (Å²) in [5.74, 6) is 0.945. The molecule has 3 rings (SSSR count). The molecule has 1 N–H and O–H groups in total. The lowest BCUT2D eigenvalue weighted by molar-refractivity contribution is -0.139. The largest absolute Gasteiger partial charge is 0.370 e. The van der Waals surface area contributed by atoms with Gasteiger partial charge < -0.3 is 15.0 Å². The van der Waals surface area contributed by atoms with Crippen LogP contribution >= 0.6 is 28.3 Å². The topological polar surface area (TPSA) is 41.6 Å². The Kier molecular flexibility index (Phi) is 7.34. The van der Waals surface area contributed by atoms with E-state index in [1.807, 2.05) is 17.0 Å². The van der Waals surface area contributed by atoms with E-state index in [9.17, 15) is 4.79 Å². The molecule has 6 heteroatoms. The van der Waals surface area contributed by atoms with Crippen molar-refractivity contribution in [2.75, 3.05) is 32.8 Å². The molecule has 2 fully saturated rings. The Hall–Kier alpha value is -0.620. The Morgan fingerprint density at radius 3 is 3.04 bits per heavy atom. The van der Waals surface area contributed by atoms with Crippen molar-refractivity contribution in [2.24, 2.45) is 5.92 Å². The molecule has 128 valence electrons. The van der Waals surface area contributed by atoms with E-state index in [0.717, 1.165) is 29.5 Å². The molecule has 0 spiro atoms. The molecule has 2 aliphatic rings. The Balaban J connectivity index is 0.00000192. The molecule has 0 aliphatic carbocycles. The smallest absolute Gasteiger partial charge is 0.222 e. The SMILES string of the molecule is Cl.O=C(CCC1CCNC1)N1CCOC(c2cccc(Br)c2)C1. The molecular formula is C17H24BrClN2O2. The van der Waals surface area contributed by atoms with Crippen molar-refractivity contribution in [2.45, 2.75) is 25.4 Å². The summed E-state index contributed by atoms with van der Waals surface area (Å²) >= 11 is 3.49. The van der Waals surface area contributed by atoms with Gasteiger partial charge in [-0.25, -0.2) is 0 Å². The average molecular weight is 404 g/mol. The molecule has 1 amide bonds. The van der Waals surface area contributed by atoms with Crippen LogP contribution in [-0.4, -0.2) is 43.6 Å². The fourth-order valence-corrected chi connectivity index (χ4v) is 3.65. The number of carbonyl (C=O) groups is 1. The second-order valence-corrected chi connectivity index (χ2v) is 7.07. The number of amides is 1. The number of carbonyl (C=O) groups excluding carboxylic acids is 1. The number of hydrogen-bond donors (Lipinski definition) is 1. The number of rotatable bonds is 4. The summed E-state index contributed by atoms with van der Waals surface area (Å²) < 4.78 is 6.90. The summed E-state index contributed by atoms with van der Waals surface area (Å²) in [6.07, 6.45) is 2.86. The minimum absolute atomic E-state index is 0. The predicted octanol–water partition coefficient (Wildman–Crippen LogP) is 3.16. The van der Waals surface area contributed by atoms with Crippen LogP contribution in [0.3, 0.4) is 0 Å². The van der Waals surface area contributed by atoms with E-state index in [4.69, 9.17) is 4.74 Å². The van der Waals surface area contributed by atoms with Gasteiger partial charge in [0.25, 0.3) is 0 Å². The summed E-state index contributed by atoms with van der Waals surface area (Å²) in [5.41, 5.74) is 1.13. The monoisotopic (exact) mass is 402 g/mol. The van der Waals surface area contributed by atoms with Crippen LogP contribution in [0.15, 0.2) is 28.7 Å². The summed E-state index contributed by atoms with van der Waals surface area (Å²) in [5, 5.41) is 3.36. The van der Waals surface area contributed by atoms with Gasteiger partial charge in [-0.05, 0) is 49.5 Å². The fourth-order valence-electron chi connectivity index (χ4n) is 3.23. The van der Waals surface area contributed by atoms with Gasteiger partial charge in [-0.15, -0.1) is 12.4 Å². The molecule has 0 bridgehead atoms. The first kappa shape index (κ1) is 18.7. The van der Waals surface area contributed by atoms with Crippen molar-refractivity contribution < 1.29 is 9.53 Å². The third kappa shape index (κ3) is 5.18. The van der Waals surface area contributed by atoms with E-state index in [1.165, 1.54) is 6.42 Å². The number of hydrogen-bond acceptors (Lipinski definition) is 3. The van der Waals surface area contributed by atoms with Gasteiger partial charge in [-0.3, -0.25) is 4.79 Å². The zero-order chi connectivity index (χ0) is 15.4. The van der Waals surface area contributed by atoms with Gasteiger partial charge in [-0.1, -0.05) is 28.1 Å². The molecular weight excluding hydrogens is 380 g/mol. The Bertz CT molecular complexity index is 523. The minimum Gasteiger partial charge on any atom is -0.370 e. The molecule has 0 saturated carbocycles. The molecule has 2 unspecified atom stereocenters. The van der Waals surface area contributed by atoms with E-state index in [1.54, 1.807) is 0 Å². The third-order valence-electron chi connectivity index (χ3n) is 4.57. The molecule has 23 heavy (non-hydrogen) atoms. The number of ether oxygens (including phenoxy) is 1. The van der Waals surface area contributed by atoms with Crippen LogP contribution in [0.25, 0.3) is 0 Å². The lowest BCUT2D eigenvalue weighted by Gasteiger charge is -2.33. The number of halogens is 2. The van der Waals surface area contributed by atoms with Gasteiger partial charge in [0.1, 0.15) is 6.10 Å². The molecule has 2 saturated heterocycles. The Morgan fingerprint density at radius 1 is 1.43 bits per heavy atom. The molecule has 2 heterocycles. The van der Waals surface area contributed by atoms with Crippen LogP contribution in [0.5, 0.6) is 0 Å². The number of nitrogens with zero attached hydrogens (tertiary/aromatic N) is 1. The van der Waals surface area contributed by atoms with Crippen LogP contribution < -0.4 is 5.32 Å². The highest BCUT2D eigenvalue weighted by atomic mass is 79.9. The molecule has 1 aromatic carbocycles. The average Bonchev–Trinajstić information content (AvgIpc) is 3.06. The number of nitrogens with one attached hydrogen (secondary N) is 1. The van der Waals surface area contributed by atoms with Crippen LogP contribution in [0, 0.1) is 5.92 Å². The molecule has 2 aliphatic heterocycles. The zero-order valence-electron chi connectivity index (χ0n) is 13.2. The van der Waals surface area contributed by atoms with E-state index < -0.39 is 0 Å². The fraction of sp³-hybridized carbons (Fsp3) is 0.588. The summed E-state index contributed by atoms with van der Waals surface area (Å²) in [7, 11) is 0.